The standard InChI is InChI=1S/C30H34F2N10O/c1-40-11-8-22(9-12-40)43-24-13-20(14-35-26(24)42-17-29(18-42)15-30(31,32)16-29)25-38-28(41(2)39-25)36-21-5-3-19(4-6-21)23-7-10-34-27(33)37-23/h3-7,10,13-14,22H,8-9,11-12,15-18H2,1-2H3,(H2,33,34,37)(H,36,38,39). The van der Waals surface area contributed by atoms with Crippen molar-refractivity contribution in [1.29, 1.82) is 0 Å². The van der Waals surface area contributed by atoms with Crippen LogP contribution in [0.4, 0.5) is 32.2 Å². The van der Waals surface area contributed by atoms with Gasteiger partial charge in [0.2, 0.25) is 17.8 Å². The number of benzene rings is 1. The molecule has 5 heterocycles. The lowest BCUT2D eigenvalue weighted by atomic mass is 9.61. The minimum atomic E-state index is -2.54. The average Bonchev–Trinajstić information content (AvgIpc) is 3.32. The van der Waals surface area contributed by atoms with Crippen LogP contribution >= 0.6 is 0 Å². The van der Waals surface area contributed by atoms with E-state index in [1.807, 2.05) is 43.4 Å². The quantitative estimate of drug-likeness (QED) is 0.322. The number of ether oxygens (including phenoxy) is 1. The van der Waals surface area contributed by atoms with E-state index in [4.69, 9.17) is 20.4 Å². The normalized spacial score (nSPS) is 19.6. The first kappa shape index (κ1) is 27.4. The second-order valence-electron chi connectivity index (χ2n) is 12.1. The van der Waals surface area contributed by atoms with Crippen LogP contribution in [0, 0.1) is 5.41 Å². The molecular weight excluding hydrogens is 554 g/mol. The summed E-state index contributed by atoms with van der Waals surface area (Å²) in [5, 5.41) is 7.95. The molecule has 1 saturated carbocycles. The molecule has 7 rings (SSSR count). The molecule has 11 nitrogen and oxygen atoms in total. The molecule has 2 saturated heterocycles. The number of alkyl halides is 2. The predicted molar refractivity (Wildman–Crippen MR) is 159 cm³/mol. The number of piperidine rings is 1. The number of nitrogens with zero attached hydrogens (tertiary/aromatic N) is 8. The van der Waals surface area contributed by atoms with Gasteiger partial charge in [-0.3, -0.25) is 0 Å². The van der Waals surface area contributed by atoms with E-state index in [9.17, 15) is 8.78 Å². The molecule has 3 fully saturated rings. The number of nitrogen functional groups attached to an aromatic ring is 1. The van der Waals surface area contributed by atoms with Crippen molar-refractivity contribution in [2.24, 2.45) is 12.5 Å². The monoisotopic (exact) mass is 588 g/mol. The van der Waals surface area contributed by atoms with Gasteiger partial charge in [-0.15, -0.1) is 5.10 Å². The third-order valence-corrected chi connectivity index (χ3v) is 8.54. The highest BCUT2D eigenvalue weighted by atomic mass is 19.3. The van der Waals surface area contributed by atoms with Crippen LogP contribution in [0.2, 0.25) is 0 Å². The number of nitrogens with one attached hydrogen (secondary N) is 1. The van der Waals surface area contributed by atoms with Crippen molar-refractivity contribution in [3.63, 3.8) is 0 Å². The third-order valence-electron chi connectivity index (χ3n) is 8.54. The number of pyridine rings is 1. The van der Waals surface area contributed by atoms with Crippen LogP contribution in [0.3, 0.4) is 0 Å². The number of hydrogen-bond donors (Lipinski definition) is 2. The Morgan fingerprint density at radius 1 is 0.977 bits per heavy atom. The van der Waals surface area contributed by atoms with Crippen LogP contribution in [0.5, 0.6) is 5.75 Å². The average molecular weight is 589 g/mol. The number of aryl methyl sites for hydroxylation is 1. The summed E-state index contributed by atoms with van der Waals surface area (Å²) in [5.74, 6) is 0.0982. The SMILES string of the molecule is CN1CCC(Oc2cc(-c3nc(Nc4ccc(-c5ccnc(N)n5)cc4)n(C)n3)cnc2N2CC3(C2)CC(F)(F)C3)CC1. The lowest BCUT2D eigenvalue weighted by Crippen LogP contribution is -2.66. The van der Waals surface area contributed by atoms with Gasteiger partial charge < -0.3 is 25.6 Å². The Bertz CT molecular complexity index is 1620. The maximum absolute atomic E-state index is 13.6. The van der Waals surface area contributed by atoms with Gasteiger partial charge in [0.1, 0.15) is 6.10 Å². The summed E-state index contributed by atoms with van der Waals surface area (Å²) in [5.41, 5.74) is 8.63. The highest BCUT2D eigenvalue weighted by Gasteiger charge is 2.62. The molecule has 3 aliphatic rings. The van der Waals surface area contributed by atoms with E-state index in [1.165, 1.54) is 0 Å². The zero-order chi connectivity index (χ0) is 29.8. The van der Waals surface area contributed by atoms with Gasteiger partial charge in [-0.05, 0) is 44.2 Å². The van der Waals surface area contributed by atoms with Gasteiger partial charge in [0.25, 0.3) is 0 Å². The molecule has 0 unspecified atom stereocenters. The molecule has 0 radical (unpaired) electrons. The van der Waals surface area contributed by atoms with Gasteiger partial charge in [0.05, 0.1) is 5.69 Å². The van der Waals surface area contributed by atoms with E-state index < -0.39 is 5.92 Å². The van der Waals surface area contributed by atoms with Crippen LogP contribution in [0.25, 0.3) is 22.6 Å². The van der Waals surface area contributed by atoms with Crippen LogP contribution in [0.15, 0.2) is 48.8 Å². The molecule has 13 heteroatoms. The van der Waals surface area contributed by atoms with Gasteiger partial charge >= 0.3 is 0 Å². The summed E-state index contributed by atoms with van der Waals surface area (Å²) in [4.78, 5) is 22.1. The van der Waals surface area contributed by atoms with Gasteiger partial charge in [0.15, 0.2) is 17.4 Å². The van der Waals surface area contributed by atoms with Crippen LogP contribution < -0.4 is 20.7 Å². The Labute approximate surface area is 248 Å². The number of nitrogens with two attached hydrogens (primary N) is 1. The Hall–Kier alpha value is -4.39. The van der Waals surface area contributed by atoms with Gasteiger partial charge in [-0.1, -0.05) is 12.1 Å². The summed E-state index contributed by atoms with van der Waals surface area (Å²) in [6.45, 7) is 3.05. The highest BCUT2D eigenvalue weighted by molar-refractivity contribution is 5.68. The van der Waals surface area contributed by atoms with Crippen molar-refractivity contribution in [2.75, 3.05) is 49.2 Å². The lowest BCUT2D eigenvalue weighted by molar-refractivity contribution is -0.170. The van der Waals surface area contributed by atoms with E-state index in [0.29, 0.717) is 36.4 Å². The fourth-order valence-electron chi connectivity index (χ4n) is 6.35. The molecule has 2 aliphatic heterocycles. The number of halogens is 2. The Kier molecular flexibility index (Phi) is 6.64. The third kappa shape index (κ3) is 5.56. The zero-order valence-electron chi connectivity index (χ0n) is 24.2. The Morgan fingerprint density at radius 2 is 1.72 bits per heavy atom. The van der Waals surface area contributed by atoms with Crippen LogP contribution in [-0.2, 0) is 7.05 Å². The fraction of sp³-hybridized carbons (Fsp3) is 0.433. The van der Waals surface area contributed by atoms with Crippen molar-refractivity contribution < 1.29 is 13.5 Å². The van der Waals surface area contributed by atoms with E-state index >= 15 is 0 Å². The first-order valence-corrected chi connectivity index (χ1v) is 14.5. The first-order valence-electron chi connectivity index (χ1n) is 14.5. The zero-order valence-corrected chi connectivity index (χ0v) is 24.2. The summed E-state index contributed by atoms with van der Waals surface area (Å²) in [6.07, 6.45) is 5.15. The number of anilines is 4. The second kappa shape index (κ2) is 10.4. The van der Waals surface area contributed by atoms with Gasteiger partial charge in [-0.25, -0.2) is 28.4 Å². The molecular formula is C30H34F2N10O. The molecule has 1 spiro atoms. The molecule has 43 heavy (non-hydrogen) atoms. The molecule has 1 aromatic carbocycles. The predicted octanol–water partition coefficient (Wildman–Crippen LogP) is 4.37. The summed E-state index contributed by atoms with van der Waals surface area (Å²) < 4.78 is 35.5. The molecule has 1 aliphatic carbocycles. The van der Waals surface area contributed by atoms with E-state index in [-0.39, 0.29) is 30.3 Å². The molecule has 224 valence electrons. The molecule has 4 aromatic rings. The summed E-state index contributed by atoms with van der Waals surface area (Å²) in [7, 11) is 3.93. The Morgan fingerprint density at radius 3 is 2.42 bits per heavy atom. The molecule has 0 bridgehead atoms. The number of rotatable bonds is 7. The summed E-state index contributed by atoms with van der Waals surface area (Å²) >= 11 is 0. The van der Waals surface area contributed by atoms with Crippen molar-refractivity contribution in [3.05, 3.63) is 48.8 Å². The summed E-state index contributed by atoms with van der Waals surface area (Å²) in [6, 6.07) is 11.5. The van der Waals surface area contributed by atoms with E-state index in [0.717, 1.165) is 48.4 Å². The molecule has 3 N–H and O–H groups in total. The maximum Gasteiger partial charge on any atom is 0.249 e. The van der Waals surface area contributed by atoms with Crippen molar-refractivity contribution >= 4 is 23.4 Å². The first-order chi connectivity index (χ1) is 20.6. The van der Waals surface area contributed by atoms with Gasteiger partial charge in [0, 0.05) is 80.7 Å². The van der Waals surface area contributed by atoms with E-state index in [1.54, 1.807) is 17.1 Å². The molecule has 3 aromatic heterocycles. The number of hydrogen-bond acceptors (Lipinski definition) is 10. The van der Waals surface area contributed by atoms with Crippen molar-refractivity contribution in [2.45, 2.75) is 37.7 Å². The highest BCUT2D eigenvalue weighted by Crippen LogP contribution is 2.58. The smallest absolute Gasteiger partial charge is 0.249 e. The maximum atomic E-state index is 13.6. The van der Waals surface area contributed by atoms with Gasteiger partial charge in [-0.2, -0.15) is 4.98 Å². The molecule has 0 atom stereocenters. The van der Waals surface area contributed by atoms with Crippen LogP contribution in [-0.4, -0.2) is 79.9 Å². The minimum Gasteiger partial charge on any atom is -0.486 e. The topological polar surface area (TPSA) is 123 Å². The Balaban J connectivity index is 1.10. The fourth-order valence-corrected chi connectivity index (χ4v) is 6.35. The van der Waals surface area contributed by atoms with E-state index in [2.05, 4.69) is 37.2 Å². The lowest BCUT2D eigenvalue weighted by Gasteiger charge is -2.59. The number of aromatic nitrogens is 6. The van der Waals surface area contributed by atoms with Crippen molar-refractivity contribution in [3.8, 4) is 28.4 Å². The largest absolute Gasteiger partial charge is 0.486 e. The molecule has 0 amide bonds. The number of likely N-dealkylation sites (tertiary alicyclic amines) is 1. The van der Waals surface area contributed by atoms with Crippen LogP contribution in [0.1, 0.15) is 25.7 Å². The second-order valence-corrected chi connectivity index (χ2v) is 12.1. The minimum absolute atomic E-state index is 0.0503. The van der Waals surface area contributed by atoms with Crippen molar-refractivity contribution in [1.82, 2.24) is 34.6 Å².